The van der Waals surface area contributed by atoms with E-state index < -0.39 is 23.8 Å². The SMILES string of the molecule is CC(Nc1nn2ncnc2c2ccc(N3CC4COCC4C3)cc12)c1cccc(C(F)F)c1F. The molecule has 4 aromatic rings. The van der Waals surface area contributed by atoms with E-state index in [2.05, 4.69) is 37.5 Å². The lowest BCUT2D eigenvalue weighted by Gasteiger charge is -2.22. The number of ether oxygens (including phenoxy) is 1. The maximum atomic E-state index is 14.8. The zero-order valence-electron chi connectivity index (χ0n) is 18.5. The fourth-order valence-electron chi connectivity index (χ4n) is 5.11. The monoisotopic (exact) mass is 468 g/mol. The topological polar surface area (TPSA) is 67.6 Å². The third-order valence-electron chi connectivity index (χ3n) is 6.94. The van der Waals surface area contributed by atoms with Crippen LogP contribution in [0.25, 0.3) is 16.4 Å². The molecule has 176 valence electrons. The average molecular weight is 468 g/mol. The third kappa shape index (κ3) is 3.44. The number of hydrogen-bond donors (Lipinski definition) is 1. The maximum Gasteiger partial charge on any atom is 0.266 e. The van der Waals surface area contributed by atoms with Crippen molar-refractivity contribution in [2.75, 3.05) is 36.5 Å². The number of aromatic nitrogens is 4. The van der Waals surface area contributed by atoms with Gasteiger partial charge in [0.2, 0.25) is 0 Å². The number of alkyl halides is 2. The van der Waals surface area contributed by atoms with E-state index in [4.69, 9.17) is 4.74 Å². The molecule has 0 aliphatic carbocycles. The van der Waals surface area contributed by atoms with E-state index in [-0.39, 0.29) is 5.56 Å². The molecule has 3 atom stereocenters. The molecular formula is C24H23F3N6O. The van der Waals surface area contributed by atoms with E-state index in [0.29, 0.717) is 23.3 Å². The highest BCUT2D eigenvalue weighted by Crippen LogP contribution is 2.36. The highest BCUT2D eigenvalue weighted by molar-refractivity contribution is 6.01. The van der Waals surface area contributed by atoms with Crippen molar-refractivity contribution in [1.29, 1.82) is 0 Å². The van der Waals surface area contributed by atoms with E-state index in [1.54, 1.807) is 6.92 Å². The Kier molecular flexibility index (Phi) is 5.05. The second-order valence-electron chi connectivity index (χ2n) is 9.03. The van der Waals surface area contributed by atoms with Gasteiger partial charge in [-0.15, -0.1) is 14.8 Å². The van der Waals surface area contributed by atoms with Crippen LogP contribution in [0.1, 0.15) is 30.5 Å². The molecule has 2 saturated heterocycles. The van der Waals surface area contributed by atoms with Gasteiger partial charge < -0.3 is 15.0 Å². The molecule has 0 amide bonds. The van der Waals surface area contributed by atoms with Gasteiger partial charge in [-0.25, -0.2) is 18.2 Å². The van der Waals surface area contributed by atoms with Crippen molar-refractivity contribution in [3.8, 4) is 0 Å². The van der Waals surface area contributed by atoms with E-state index >= 15 is 0 Å². The normalized spacial score (nSPS) is 21.0. The summed E-state index contributed by atoms with van der Waals surface area (Å²) in [6.07, 6.45) is -1.46. The summed E-state index contributed by atoms with van der Waals surface area (Å²) in [6.45, 7) is 5.18. The van der Waals surface area contributed by atoms with Crippen LogP contribution in [-0.2, 0) is 4.74 Å². The fraction of sp³-hybridized carbons (Fsp3) is 0.375. The standard InChI is InChI=1S/C24H23F3N6O/c1-13(17-3-2-4-19(21(17)25)22(26)27)30-23-20-7-16(32-8-14-10-34-11-15(14)9-32)5-6-18(20)24-28-12-29-33(24)31-23/h2-7,12-15,22H,8-11H2,1H3,(H,30,31). The molecule has 34 heavy (non-hydrogen) atoms. The van der Waals surface area contributed by atoms with Crippen molar-refractivity contribution < 1.29 is 17.9 Å². The Morgan fingerprint density at radius 1 is 1.06 bits per heavy atom. The van der Waals surface area contributed by atoms with Crippen molar-refractivity contribution in [2.45, 2.75) is 19.4 Å². The maximum absolute atomic E-state index is 14.8. The smallest absolute Gasteiger partial charge is 0.266 e. The molecular weight excluding hydrogens is 445 g/mol. The lowest BCUT2D eigenvalue weighted by atomic mass is 10.0. The van der Waals surface area contributed by atoms with Gasteiger partial charge in [-0.2, -0.15) is 0 Å². The minimum absolute atomic E-state index is 0.148. The largest absolute Gasteiger partial charge is 0.381 e. The summed E-state index contributed by atoms with van der Waals surface area (Å²) in [5, 5.41) is 13.6. The summed E-state index contributed by atoms with van der Waals surface area (Å²) in [6, 6.07) is 9.56. The molecule has 3 unspecified atom stereocenters. The van der Waals surface area contributed by atoms with Gasteiger partial charge in [0.05, 0.1) is 24.8 Å². The quantitative estimate of drug-likeness (QED) is 0.462. The molecule has 2 aliphatic heterocycles. The van der Waals surface area contributed by atoms with Gasteiger partial charge in [0.1, 0.15) is 12.1 Å². The van der Waals surface area contributed by atoms with Crippen LogP contribution < -0.4 is 10.2 Å². The zero-order valence-corrected chi connectivity index (χ0v) is 18.5. The summed E-state index contributed by atoms with van der Waals surface area (Å²) in [5.41, 5.74) is 1.21. The summed E-state index contributed by atoms with van der Waals surface area (Å²) in [7, 11) is 0. The van der Waals surface area contributed by atoms with Crippen molar-refractivity contribution >= 4 is 27.9 Å². The number of nitrogens with one attached hydrogen (secondary N) is 1. The van der Waals surface area contributed by atoms with E-state index in [0.717, 1.165) is 48.8 Å². The summed E-state index contributed by atoms with van der Waals surface area (Å²) >= 11 is 0. The predicted octanol–water partition coefficient (Wildman–Crippen LogP) is 4.61. The second kappa shape index (κ2) is 8.12. The Balaban J connectivity index is 1.40. The summed E-state index contributed by atoms with van der Waals surface area (Å²) in [4.78, 5) is 6.68. The van der Waals surface area contributed by atoms with Gasteiger partial charge in [-0.3, -0.25) is 0 Å². The Bertz CT molecular complexity index is 1360. The van der Waals surface area contributed by atoms with Crippen LogP contribution in [0.4, 0.5) is 24.7 Å². The first-order chi connectivity index (χ1) is 16.5. The van der Waals surface area contributed by atoms with Crippen LogP contribution in [-0.4, -0.2) is 46.1 Å². The highest BCUT2D eigenvalue weighted by Gasteiger charge is 2.37. The number of hydrogen-bond acceptors (Lipinski definition) is 6. The van der Waals surface area contributed by atoms with Crippen molar-refractivity contribution in [2.24, 2.45) is 11.8 Å². The molecule has 0 radical (unpaired) electrons. The minimum atomic E-state index is -2.88. The lowest BCUT2D eigenvalue weighted by Crippen LogP contribution is -2.22. The van der Waals surface area contributed by atoms with Crippen LogP contribution in [0.15, 0.2) is 42.7 Å². The predicted molar refractivity (Wildman–Crippen MR) is 122 cm³/mol. The number of halogens is 3. The number of nitrogens with zero attached hydrogens (tertiary/aromatic N) is 5. The lowest BCUT2D eigenvalue weighted by molar-refractivity contribution is 0.146. The van der Waals surface area contributed by atoms with E-state index in [1.807, 2.05) is 6.07 Å². The van der Waals surface area contributed by atoms with Crippen LogP contribution in [0.2, 0.25) is 0 Å². The van der Waals surface area contributed by atoms with Crippen LogP contribution in [0.5, 0.6) is 0 Å². The molecule has 7 nitrogen and oxygen atoms in total. The van der Waals surface area contributed by atoms with Crippen molar-refractivity contribution in [3.05, 3.63) is 59.7 Å². The Labute approximate surface area is 193 Å². The zero-order chi connectivity index (χ0) is 23.4. The highest BCUT2D eigenvalue weighted by atomic mass is 19.3. The van der Waals surface area contributed by atoms with Crippen molar-refractivity contribution in [1.82, 2.24) is 19.8 Å². The molecule has 2 aliphatic rings. The molecule has 0 spiro atoms. The second-order valence-corrected chi connectivity index (χ2v) is 9.03. The molecule has 0 saturated carbocycles. The Morgan fingerprint density at radius 2 is 1.82 bits per heavy atom. The van der Waals surface area contributed by atoms with Crippen LogP contribution in [0, 0.1) is 17.7 Å². The molecule has 6 rings (SSSR count). The molecule has 0 bridgehead atoms. The molecule has 2 fully saturated rings. The van der Waals surface area contributed by atoms with Gasteiger partial charge in [0.15, 0.2) is 11.5 Å². The van der Waals surface area contributed by atoms with Gasteiger partial charge >= 0.3 is 0 Å². The first-order valence-electron chi connectivity index (χ1n) is 11.3. The number of benzene rings is 2. The van der Waals surface area contributed by atoms with Gasteiger partial charge in [-0.05, 0) is 25.1 Å². The number of rotatable bonds is 5. The molecule has 2 aromatic carbocycles. The summed E-state index contributed by atoms with van der Waals surface area (Å²) in [5.74, 6) is 0.646. The number of anilines is 2. The van der Waals surface area contributed by atoms with Crippen molar-refractivity contribution in [3.63, 3.8) is 0 Å². The summed E-state index contributed by atoms with van der Waals surface area (Å²) < 4.78 is 48.2. The number of fused-ring (bicyclic) bond motifs is 4. The van der Waals surface area contributed by atoms with Crippen LogP contribution >= 0.6 is 0 Å². The fourth-order valence-corrected chi connectivity index (χ4v) is 5.11. The van der Waals surface area contributed by atoms with Gasteiger partial charge in [0.25, 0.3) is 6.43 Å². The Hall–Kier alpha value is -3.40. The molecule has 10 heteroatoms. The first kappa shape index (κ1) is 21.2. The van der Waals surface area contributed by atoms with Gasteiger partial charge in [-0.1, -0.05) is 18.2 Å². The molecule has 4 heterocycles. The van der Waals surface area contributed by atoms with Crippen LogP contribution in [0.3, 0.4) is 0 Å². The van der Waals surface area contributed by atoms with E-state index in [9.17, 15) is 13.2 Å². The van der Waals surface area contributed by atoms with Gasteiger partial charge in [0, 0.05) is 46.9 Å². The first-order valence-corrected chi connectivity index (χ1v) is 11.3. The third-order valence-corrected chi connectivity index (χ3v) is 6.94. The molecule has 1 N–H and O–H groups in total. The van der Waals surface area contributed by atoms with E-state index in [1.165, 1.54) is 23.1 Å². The molecule has 2 aromatic heterocycles. The Morgan fingerprint density at radius 3 is 2.59 bits per heavy atom. The minimum Gasteiger partial charge on any atom is -0.381 e. The average Bonchev–Trinajstić information content (AvgIpc) is 3.55.